The van der Waals surface area contributed by atoms with E-state index in [-0.39, 0.29) is 6.04 Å². The topological polar surface area (TPSA) is 40.5 Å². The van der Waals surface area contributed by atoms with Crippen molar-refractivity contribution in [1.29, 1.82) is 0 Å². The van der Waals surface area contributed by atoms with E-state index >= 15 is 0 Å². The number of hydrogen-bond acceptors (Lipinski definition) is 2. The van der Waals surface area contributed by atoms with E-state index in [2.05, 4.69) is 43.0 Å². The van der Waals surface area contributed by atoms with Crippen molar-refractivity contribution in [2.75, 3.05) is 0 Å². The standard InChI is InChI=1S/C19H27NO2/c1-13(2)15-9-7-14(8-10-15)12-20-17-6-4-3-5-16(17)11-18(20)19(21)22/h7-10,13,16-18H,3-6,11-12H2,1-2H3,(H,21,22). The van der Waals surface area contributed by atoms with E-state index in [1.54, 1.807) is 0 Å². The summed E-state index contributed by atoms with van der Waals surface area (Å²) in [6.07, 6.45) is 5.72. The fraction of sp³-hybridized carbons (Fsp3) is 0.632. The molecule has 2 aliphatic rings. The Kier molecular flexibility index (Phi) is 4.53. The monoisotopic (exact) mass is 301 g/mol. The molecule has 0 radical (unpaired) electrons. The number of carboxylic acids is 1. The van der Waals surface area contributed by atoms with E-state index in [1.807, 2.05) is 0 Å². The smallest absolute Gasteiger partial charge is 0.320 e. The van der Waals surface area contributed by atoms with E-state index < -0.39 is 5.97 Å². The fourth-order valence-corrected chi connectivity index (χ4v) is 4.24. The zero-order valence-corrected chi connectivity index (χ0v) is 13.7. The van der Waals surface area contributed by atoms with E-state index in [4.69, 9.17) is 0 Å². The van der Waals surface area contributed by atoms with Crippen LogP contribution >= 0.6 is 0 Å². The molecule has 3 rings (SSSR count). The Morgan fingerprint density at radius 1 is 1.23 bits per heavy atom. The minimum Gasteiger partial charge on any atom is -0.480 e. The summed E-state index contributed by atoms with van der Waals surface area (Å²) in [6.45, 7) is 5.17. The normalized spacial score (nSPS) is 28.8. The lowest BCUT2D eigenvalue weighted by Gasteiger charge is -2.33. The van der Waals surface area contributed by atoms with Crippen LogP contribution in [0.1, 0.15) is 63.0 Å². The van der Waals surface area contributed by atoms with Crippen molar-refractivity contribution in [2.45, 2.75) is 70.5 Å². The number of rotatable bonds is 4. The number of nitrogens with zero attached hydrogens (tertiary/aromatic N) is 1. The van der Waals surface area contributed by atoms with Crippen LogP contribution in [0.4, 0.5) is 0 Å². The molecule has 22 heavy (non-hydrogen) atoms. The molecular weight excluding hydrogens is 274 g/mol. The number of fused-ring (bicyclic) bond motifs is 1. The van der Waals surface area contributed by atoms with E-state index in [0.29, 0.717) is 17.9 Å². The third kappa shape index (κ3) is 3.05. The summed E-state index contributed by atoms with van der Waals surface area (Å²) >= 11 is 0. The molecule has 1 heterocycles. The Morgan fingerprint density at radius 3 is 2.55 bits per heavy atom. The van der Waals surface area contributed by atoms with Gasteiger partial charge in [0.05, 0.1) is 0 Å². The van der Waals surface area contributed by atoms with Gasteiger partial charge in [0, 0.05) is 12.6 Å². The zero-order valence-electron chi connectivity index (χ0n) is 13.7. The van der Waals surface area contributed by atoms with Gasteiger partial charge < -0.3 is 5.11 Å². The largest absolute Gasteiger partial charge is 0.480 e. The summed E-state index contributed by atoms with van der Waals surface area (Å²) in [4.78, 5) is 13.9. The van der Waals surface area contributed by atoms with Gasteiger partial charge in [0.15, 0.2) is 0 Å². The van der Waals surface area contributed by atoms with Crippen LogP contribution in [0.25, 0.3) is 0 Å². The highest BCUT2D eigenvalue weighted by molar-refractivity contribution is 5.74. The lowest BCUT2D eigenvalue weighted by atomic mass is 9.84. The first-order chi connectivity index (χ1) is 10.6. The number of likely N-dealkylation sites (tertiary alicyclic amines) is 1. The summed E-state index contributed by atoms with van der Waals surface area (Å²) in [5, 5.41) is 9.58. The fourth-order valence-electron chi connectivity index (χ4n) is 4.24. The summed E-state index contributed by atoms with van der Waals surface area (Å²) < 4.78 is 0. The van der Waals surface area contributed by atoms with Crippen LogP contribution in [0.2, 0.25) is 0 Å². The molecule has 1 aliphatic carbocycles. The molecule has 0 aromatic heterocycles. The average molecular weight is 301 g/mol. The van der Waals surface area contributed by atoms with Gasteiger partial charge in [-0.1, -0.05) is 51.0 Å². The molecule has 3 heteroatoms. The molecule has 3 nitrogen and oxygen atoms in total. The number of aliphatic carboxylic acids is 1. The van der Waals surface area contributed by atoms with Gasteiger partial charge in [-0.05, 0) is 42.2 Å². The first-order valence-corrected chi connectivity index (χ1v) is 8.63. The number of carboxylic acid groups (broad SMARTS) is 1. The molecule has 2 fully saturated rings. The van der Waals surface area contributed by atoms with Gasteiger partial charge in [0.2, 0.25) is 0 Å². The van der Waals surface area contributed by atoms with Crippen LogP contribution < -0.4 is 0 Å². The minimum absolute atomic E-state index is 0.294. The third-order valence-corrected chi connectivity index (χ3v) is 5.52. The maximum atomic E-state index is 11.6. The molecule has 0 spiro atoms. The maximum absolute atomic E-state index is 11.6. The van der Waals surface area contributed by atoms with E-state index in [9.17, 15) is 9.90 Å². The van der Waals surface area contributed by atoms with Gasteiger partial charge in [0.25, 0.3) is 0 Å². The third-order valence-electron chi connectivity index (χ3n) is 5.52. The number of hydrogen-bond donors (Lipinski definition) is 1. The summed E-state index contributed by atoms with van der Waals surface area (Å²) in [5.41, 5.74) is 2.58. The van der Waals surface area contributed by atoms with Crippen LogP contribution in [0.5, 0.6) is 0 Å². The minimum atomic E-state index is -0.645. The van der Waals surface area contributed by atoms with Gasteiger partial charge in [0.1, 0.15) is 6.04 Å². The molecule has 0 bridgehead atoms. The number of carbonyl (C=O) groups is 1. The summed E-state index contributed by atoms with van der Waals surface area (Å²) in [7, 11) is 0. The lowest BCUT2D eigenvalue weighted by molar-refractivity contribution is -0.142. The van der Waals surface area contributed by atoms with Crippen LogP contribution in [-0.4, -0.2) is 28.1 Å². The highest BCUT2D eigenvalue weighted by Gasteiger charge is 2.44. The van der Waals surface area contributed by atoms with Crippen molar-refractivity contribution < 1.29 is 9.90 Å². The van der Waals surface area contributed by atoms with Crippen LogP contribution in [0.15, 0.2) is 24.3 Å². The molecule has 0 amide bonds. The molecule has 1 saturated heterocycles. The van der Waals surface area contributed by atoms with Gasteiger partial charge in [-0.25, -0.2) is 0 Å². The molecular formula is C19H27NO2. The highest BCUT2D eigenvalue weighted by Crippen LogP contribution is 2.40. The first-order valence-electron chi connectivity index (χ1n) is 8.63. The number of benzene rings is 1. The maximum Gasteiger partial charge on any atom is 0.320 e. The SMILES string of the molecule is CC(C)c1ccc(CN2C(C(=O)O)CC3CCCCC32)cc1. The summed E-state index contributed by atoms with van der Waals surface area (Å²) in [6, 6.07) is 8.89. The Balaban J connectivity index is 1.77. The van der Waals surface area contributed by atoms with E-state index in [0.717, 1.165) is 13.0 Å². The predicted octanol–water partition coefficient (Wildman–Crippen LogP) is 4.03. The second-order valence-corrected chi connectivity index (χ2v) is 7.27. The van der Waals surface area contributed by atoms with Gasteiger partial charge in [-0.15, -0.1) is 0 Å². The van der Waals surface area contributed by atoms with Crippen molar-refractivity contribution in [3.05, 3.63) is 35.4 Å². The molecule has 3 atom stereocenters. The highest BCUT2D eigenvalue weighted by atomic mass is 16.4. The van der Waals surface area contributed by atoms with Gasteiger partial charge in [-0.2, -0.15) is 0 Å². The molecule has 3 unspecified atom stereocenters. The van der Waals surface area contributed by atoms with Crippen LogP contribution in [0.3, 0.4) is 0 Å². The average Bonchev–Trinajstić information content (AvgIpc) is 2.87. The van der Waals surface area contributed by atoms with Gasteiger partial charge >= 0.3 is 5.97 Å². The van der Waals surface area contributed by atoms with Crippen molar-refractivity contribution >= 4 is 5.97 Å². The molecule has 1 N–H and O–H groups in total. The Bertz CT molecular complexity index is 523. The Labute approximate surface area is 133 Å². The van der Waals surface area contributed by atoms with Crippen LogP contribution in [-0.2, 0) is 11.3 Å². The van der Waals surface area contributed by atoms with E-state index in [1.165, 1.54) is 36.8 Å². The second-order valence-electron chi connectivity index (χ2n) is 7.27. The van der Waals surface area contributed by atoms with Crippen molar-refractivity contribution in [2.24, 2.45) is 5.92 Å². The zero-order chi connectivity index (χ0) is 15.7. The lowest BCUT2D eigenvalue weighted by Crippen LogP contribution is -2.41. The van der Waals surface area contributed by atoms with Crippen LogP contribution in [0, 0.1) is 5.92 Å². The van der Waals surface area contributed by atoms with Gasteiger partial charge in [-0.3, -0.25) is 9.69 Å². The quantitative estimate of drug-likeness (QED) is 0.913. The second kappa shape index (κ2) is 6.41. The Morgan fingerprint density at radius 2 is 1.91 bits per heavy atom. The van der Waals surface area contributed by atoms with Crippen molar-refractivity contribution in [1.82, 2.24) is 4.90 Å². The van der Waals surface area contributed by atoms with Crippen molar-refractivity contribution in [3.63, 3.8) is 0 Å². The molecule has 1 aliphatic heterocycles. The molecule has 1 saturated carbocycles. The first kappa shape index (κ1) is 15.5. The predicted molar refractivity (Wildman–Crippen MR) is 87.9 cm³/mol. The molecule has 1 aromatic carbocycles. The Hall–Kier alpha value is -1.35. The molecule has 1 aromatic rings. The molecule has 120 valence electrons. The summed E-state index contributed by atoms with van der Waals surface area (Å²) in [5.74, 6) is 0.480. The van der Waals surface area contributed by atoms with Crippen molar-refractivity contribution in [3.8, 4) is 0 Å².